The molecule has 134 valence electrons. The Morgan fingerprint density at radius 1 is 1.17 bits per heavy atom. The lowest BCUT2D eigenvalue weighted by molar-refractivity contribution is -0.167. The number of aliphatic hydroxyl groups excluding tert-OH is 1. The molecule has 0 heterocycles. The molecule has 3 heteroatoms. The largest absolute Gasteiger partial charge is 0.393 e. The molecule has 0 amide bonds. The summed E-state index contributed by atoms with van der Waals surface area (Å²) in [6.07, 6.45) is 7.04. The lowest BCUT2D eigenvalue weighted by Crippen LogP contribution is -2.59. The van der Waals surface area contributed by atoms with Gasteiger partial charge in [0.1, 0.15) is 0 Å². The van der Waals surface area contributed by atoms with Crippen LogP contribution in [0.25, 0.3) is 0 Å². The van der Waals surface area contributed by atoms with Crippen molar-refractivity contribution in [2.75, 3.05) is 0 Å². The smallest absolute Gasteiger partial charge is 0.158 e. The Kier molecular flexibility index (Phi) is 3.46. The van der Waals surface area contributed by atoms with E-state index in [4.69, 9.17) is 0 Å². The third kappa shape index (κ3) is 1.94. The van der Waals surface area contributed by atoms with Crippen LogP contribution in [0.1, 0.15) is 66.2 Å². The normalized spacial score (nSPS) is 57.0. The topological polar surface area (TPSA) is 57.5 Å². The van der Waals surface area contributed by atoms with Gasteiger partial charge in [0.2, 0.25) is 0 Å². The zero-order chi connectivity index (χ0) is 17.5. The van der Waals surface area contributed by atoms with Crippen molar-refractivity contribution in [2.45, 2.75) is 77.9 Å². The molecule has 2 N–H and O–H groups in total. The van der Waals surface area contributed by atoms with Gasteiger partial charge in [0, 0.05) is 11.3 Å². The van der Waals surface area contributed by atoms with Crippen molar-refractivity contribution in [1.82, 2.24) is 0 Å². The summed E-state index contributed by atoms with van der Waals surface area (Å²) in [4.78, 5) is 12.2. The van der Waals surface area contributed by atoms with Gasteiger partial charge in [0.25, 0.3) is 0 Å². The Morgan fingerprint density at radius 2 is 1.88 bits per heavy atom. The maximum atomic E-state index is 12.2. The van der Waals surface area contributed by atoms with E-state index < -0.39 is 5.60 Å². The fraction of sp³-hybridized carbons (Fsp3) is 0.857. The number of ketones is 1. The van der Waals surface area contributed by atoms with Gasteiger partial charge in [-0.05, 0) is 74.7 Å². The number of hydrogen-bond donors (Lipinski definition) is 2. The van der Waals surface area contributed by atoms with Crippen molar-refractivity contribution in [3.05, 3.63) is 11.6 Å². The Bertz CT molecular complexity index is 606. The zero-order valence-corrected chi connectivity index (χ0v) is 15.5. The molecule has 0 aromatic rings. The number of rotatable bonds is 0. The minimum Gasteiger partial charge on any atom is -0.393 e. The van der Waals surface area contributed by atoms with Crippen LogP contribution in [-0.2, 0) is 4.79 Å². The van der Waals surface area contributed by atoms with Gasteiger partial charge < -0.3 is 10.2 Å². The second-order valence-corrected chi connectivity index (χ2v) is 9.93. The van der Waals surface area contributed by atoms with E-state index in [0.29, 0.717) is 18.3 Å². The number of allylic oxidation sites excluding steroid dienone is 1. The molecule has 4 rings (SSSR count). The van der Waals surface area contributed by atoms with E-state index >= 15 is 0 Å². The van der Waals surface area contributed by atoms with Gasteiger partial charge in [-0.3, -0.25) is 4.79 Å². The number of fused-ring (bicyclic) bond motifs is 5. The van der Waals surface area contributed by atoms with Gasteiger partial charge >= 0.3 is 0 Å². The Hall–Kier alpha value is -0.670. The van der Waals surface area contributed by atoms with E-state index in [0.717, 1.165) is 32.1 Å². The molecule has 3 fully saturated rings. The minimum atomic E-state index is -0.670. The Balaban J connectivity index is 1.76. The van der Waals surface area contributed by atoms with Crippen LogP contribution < -0.4 is 0 Å². The van der Waals surface area contributed by atoms with E-state index in [1.165, 1.54) is 5.57 Å². The minimum absolute atomic E-state index is 0.0502. The molecule has 3 nitrogen and oxygen atoms in total. The molecule has 0 radical (unpaired) electrons. The van der Waals surface area contributed by atoms with Gasteiger partial charge in [-0.1, -0.05) is 26.3 Å². The molecule has 0 bridgehead atoms. The van der Waals surface area contributed by atoms with Crippen molar-refractivity contribution >= 4 is 5.78 Å². The summed E-state index contributed by atoms with van der Waals surface area (Å²) in [6.45, 7) is 8.49. The average Bonchev–Trinajstić information content (AvgIpc) is 2.70. The Labute approximate surface area is 145 Å². The lowest BCUT2D eigenvalue weighted by Gasteiger charge is -2.61. The van der Waals surface area contributed by atoms with Crippen molar-refractivity contribution in [1.29, 1.82) is 0 Å². The maximum Gasteiger partial charge on any atom is 0.158 e. The number of carbonyl (C=O) groups excluding carboxylic acids is 1. The lowest BCUT2D eigenvalue weighted by atomic mass is 9.45. The van der Waals surface area contributed by atoms with E-state index in [2.05, 4.69) is 13.8 Å². The highest BCUT2D eigenvalue weighted by atomic mass is 16.3. The predicted molar refractivity (Wildman–Crippen MR) is 93.3 cm³/mol. The molecule has 4 aliphatic rings. The van der Waals surface area contributed by atoms with Crippen LogP contribution in [0.3, 0.4) is 0 Å². The summed E-state index contributed by atoms with van der Waals surface area (Å²) >= 11 is 0. The number of hydrogen-bond acceptors (Lipinski definition) is 3. The molecular weight excluding hydrogens is 300 g/mol. The van der Waals surface area contributed by atoms with E-state index in [1.54, 1.807) is 0 Å². The predicted octanol–water partition coefficient (Wildman–Crippen LogP) is 3.49. The van der Waals surface area contributed by atoms with Gasteiger partial charge in [-0.25, -0.2) is 0 Å². The van der Waals surface area contributed by atoms with Crippen molar-refractivity contribution in [3.63, 3.8) is 0 Å². The highest BCUT2D eigenvalue weighted by Gasteiger charge is 2.65. The molecule has 0 aliphatic heterocycles. The van der Waals surface area contributed by atoms with Crippen LogP contribution in [0.2, 0.25) is 0 Å². The molecule has 0 unspecified atom stereocenters. The summed E-state index contributed by atoms with van der Waals surface area (Å²) < 4.78 is 0. The summed E-state index contributed by atoms with van der Waals surface area (Å²) in [6, 6.07) is 0. The molecule has 3 saturated carbocycles. The van der Waals surface area contributed by atoms with Gasteiger partial charge in [-0.2, -0.15) is 0 Å². The summed E-state index contributed by atoms with van der Waals surface area (Å²) in [5, 5.41) is 22.1. The third-order valence-corrected chi connectivity index (χ3v) is 8.77. The fourth-order valence-corrected chi connectivity index (χ4v) is 7.25. The first-order valence-electron chi connectivity index (χ1n) is 9.75. The number of aliphatic hydroxyl groups is 2. The van der Waals surface area contributed by atoms with Gasteiger partial charge in [-0.15, -0.1) is 0 Å². The third-order valence-electron chi connectivity index (χ3n) is 8.77. The SMILES string of the molecule is C[C@H]1C[C@@]2(C)C(=CC1=O)CC[C@@H]1[C@@H]2[C@@H](O)C[C@@]2(C)[C@H]1CC[C@]2(C)O. The molecule has 0 aromatic heterocycles. The van der Waals surface area contributed by atoms with Crippen LogP contribution in [0, 0.1) is 34.5 Å². The van der Waals surface area contributed by atoms with E-state index in [-0.39, 0.29) is 34.6 Å². The Morgan fingerprint density at radius 3 is 2.58 bits per heavy atom. The van der Waals surface area contributed by atoms with Crippen molar-refractivity contribution in [3.8, 4) is 0 Å². The van der Waals surface area contributed by atoms with E-state index in [1.807, 2.05) is 19.9 Å². The van der Waals surface area contributed by atoms with Crippen molar-refractivity contribution in [2.24, 2.45) is 34.5 Å². The molecule has 0 saturated heterocycles. The first-order valence-corrected chi connectivity index (χ1v) is 9.75. The van der Waals surface area contributed by atoms with Gasteiger partial charge in [0.05, 0.1) is 11.7 Å². The first kappa shape index (κ1) is 16.8. The zero-order valence-electron chi connectivity index (χ0n) is 15.5. The summed E-state index contributed by atoms with van der Waals surface area (Å²) in [5.74, 6) is 1.52. The first-order chi connectivity index (χ1) is 11.1. The second-order valence-electron chi connectivity index (χ2n) is 9.93. The maximum absolute atomic E-state index is 12.2. The molecule has 8 atom stereocenters. The highest BCUT2D eigenvalue weighted by molar-refractivity contribution is 5.93. The van der Waals surface area contributed by atoms with Crippen LogP contribution in [-0.4, -0.2) is 27.7 Å². The van der Waals surface area contributed by atoms with Crippen LogP contribution >= 0.6 is 0 Å². The molecule has 0 aromatic carbocycles. The van der Waals surface area contributed by atoms with Crippen LogP contribution in [0.5, 0.6) is 0 Å². The van der Waals surface area contributed by atoms with Crippen LogP contribution in [0.4, 0.5) is 0 Å². The molecule has 24 heavy (non-hydrogen) atoms. The molecule has 4 aliphatic carbocycles. The molecular formula is C21H32O3. The number of carbonyl (C=O) groups is 1. The standard InChI is InChI=1S/C21H32O3/c1-12-10-19(2)13(9-16(12)22)5-6-14-15-7-8-21(4,24)20(15,3)11-17(23)18(14)19/h9,12,14-15,17-18,23-24H,5-8,10-11H2,1-4H3/t12-,14-,15-,17-,18+,19-,20-,21-/m0/s1. The van der Waals surface area contributed by atoms with Crippen LogP contribution in [0.15, 0.2) is 11.6 Å². The fourth-order valence-electron chi connectivity index (χ4n) is 7.25. The molecule has 0 spiro atoms. The highest BCUT2D eigenvalue weighted by Crippen LogP contribution is 2.67. The second kappa shape index (κ2) is 4.94. The average molecular weight is 332 g/mol. The van der Waals surface area contributed by atoms with Gasteiger partial charge in [0.15, 0.2) is 5.78 Å². The van der Waals surface area contributed by atoms with Crippen molar-refractivity contribution < 1.29 is 15.0 Å². The quantitative estimate of drug-likeness (QED) is 0.714. The monoisotopic (exact) mass is 332 g/mol. The summed E-state index contributed by atoms with van der Waals surface area (Å²) in [5.41, 5.74) is 0.377. The van der Waals surface area contributed by atoms with E-state index in [9.17, 15) is 15.0 Å². The summed E-state index contributed by atoms with van der Waals surface area (Å²) in [7, 11) is 0.